The van der Waals surface area contributed by atoms with E-state index in [0.29, 0.717) is 11.2 Å². The Morgan fingerprint density at radius 3 is 2.48 bits per heavy atom. The van der Waals surface area contributed by atoms with Gasteiger partial charge in [0.1, 0.15) is 5.75 Å². The van der Waals surface area contributed by atoms with Crippen molar-refractivity contribution < 1.29 is 14.5 Å². The van der Waals surface area contributed by atoms with Crippen molar-refractivity contribution in [3.8, 4) is 5.75 Å². The van der Waals surface area contributed by atoms with Crippen molar-refractivity contribution in [3.05, 3.63) is 33.9 Å². The quantitative estimate of drug-likeness (QED) is 0.475. The van der Waals surface area contributed by atoms with Crippen molar-refractivity contribution >= 4 is 11.5 Å². The fourth-order valence-electron chi connectivity index (χ4n) is 2.72. The van der Waals surface area contributed by atoms with Crippen LogP contribution in [-0.4, -0.2) is 16.8 Å². The molecule has 0 radical (unpaired) electrons. The third kappa shape index (κ3) is 3.80. The predicted molar refractivity (Wildman–Crippen MR) is 79.8 cm³/mol. The molecule has 0 aliphatic heterocycles. The molecular formula is C16H21NO4. The van der Waals surface area contributed by atoms with Crippen LogP contribution >= 0.6 is 0 Å². The first-order valence-electron chi connectivity index (χ1n) is 7.24. The van der Waals surface area contributed by atoms with E-state index in [9.17, 15) is 14.9 Å². The van der Waals surface area contributed by atoms with Gasteiger partial charge in [-0.25, -0.2) is 0 Å². The van der Waals surface area contributed by atoms with Crippen molar-refractivity contribution in [1.29, 1.82) is 0 Å². The van der Waals surface area contributed by atoms with Crippen LogP contribution in [0, 0.1) is 15.5 Å². The Labute approximate surface area is 124 Å². The van der Waals surface area contributed by atoms with Gasteiger partial charge in [-0.05, 0) is 50.2 Å². The van der Waals surface area contributed by atoms with Crippen LogP contribution in [0.15, 0.2) is 18.2 Å². The summed E-state index contributed by atoms with van der Waals surface area (Å²) in [6, 6.07) is 4.47. The number of nitro benzene ring substituents is 1. The molecule has 1 saturated carbocycles. The highest BCUT2D eigenvalue weighted by molar-refractivity contribution is 5.98. The molecule has 0 aromatic heterocycles. The van der Waals surface area contributed by atoms with Gasteiger partial charge in [0.2, 0.25) is 0 Å². The first kappa shape index (κ1) is 15.5. The Bertz CT molecular complexity index is 555. The fraction of sp³-hybridized carbons (Fsp3) is 0.562. The molecule has 0 heterocycles. The molecular weight excluding hydrogens is 270 g/mol. The number of carbonyl (C=O) groups excluding carboxylic acids is 1. The zero-order valence-corrected chi connectivity index (χ0v) is 12.7. The van der Waals surface area contributed by atoms with E-state index in [1.807, 2.05) is 0 Å². The van der Waals surface area contributed by atoms with E-state index in [4.69, 9.17) is 4.74 Å². The number of carbonyl (C=O) groups is 1. The smallest absolute Gasteiger partial charge is 0.283 e. The number of rotatable bonds is 4. The summed E-state index contributed by atoms with van der Waals surface area (Å²) in [5, 5.41) is 11.1. The SMILES string of the molecule is CC(=O)c1ccc(OC2CCC(C)(C)CC2)cc1[N+](=O)[O-]. The molecule has 1 aromatic rings. The number of benzene rings is 1. The second-order valence-corrected chi connectivity index (χ2v) is 6.47. The fourth-order valence-corrected chi connectivity index (χ4v) is 2.72. The third-order valence-electron chi connectivity index (χ3n) is 4.13. The Balaban J connectivity index is 2.13. The minimum absolute atomic E-state index is 0.0980. The van der Waals surface area contributed by atoms with Gasteiger partial charge in [0.25, 0.3) is 5.69 Å². The van der Waals surface area contributed by atoms with Crippen LogP contribution in [0.5, 0.6) is 5.75 Å². The molecule has 21 heavy (non-hydrogen) atoms. The van der Waals surface area contributed by atoms with Crippen molar-refractivity contribution in [2.24, 2.45) is 5.41 Å². The van der Waals surface area contributed by atoms with E-state index < -0.39 is 4.92 Å². The Morgan fingerprint density at radius 1 is 1.33 bits per heavy atom. The second-order valence-electron chi connectivity index (χ2n) is 6.47. The maximum atomic E-state index is 11.4. The Hall–Kier alpha value is -1.91. The van der Waals surface area contributed by atoms with Crippen molar-refractivity contribution in [2.45, 2.75) is 52.6 Å². The molecule has 2 rings (SSSR count). The monoisotopic (exact) mass is 291 g/mol. The van der Waals surface area contributed by atoms with Gasteiger partial charge in [0.15, 0.2) is 5.78 Å². The molecule has 0 N–H and O–H groups in total. The topological polar surface area (TPSA) is 69.4 Å². The van der Waals surface area contributed by atoms with E-state index in [-0.39, 0.29) is 23.1 Å². The van der Waals surface area contributed by atoms with Crippen molar-refractivity contribution in [3.63, 3.8) is 0 Å². The number of hydrogen-bond acceptors (Lipinski definition) is 4. The lowest BCUT2D eigenvalue weighted by atomic mass is 9.76. The lowest BCUT2D eigenvalue weighted by Gasteiger charge is -2.34. The summed E-state index contributed by atoms with van der Waals surface area (Å²) < 4.78 is 5.86. The lowest BCUT2D eigenvalue weighted by molar-refractivity contribution is -0.385. The maximum Gasteiger partial charge on any atom is 0.283 e. The number of ketones is 1. The minimum Gasteiger partial charge on any atom is -0.490 e. The molecule has 0 amide bonds. The number of nitrogens with zero attached hydrogens (tertiary/aromatic N) is 1. The van der Waals surface area contributed by atoms with Crippen LogP contribution < -0.4 is 4.74 Å². The summed E-state index contributed by atoms with van der Waals surface area (Å²) in [7, 11) is 0. The summed E-state index contributed by atoms with van der Waals surface area (Å²) >= 11 is 0. The summed E-state index contributed by atoms with van der Waals surface area (Å²) in [6.45, 7) is 5.82. The van der Waals surface area contributed by atoms with Gasteiger partial charge in [0, 0.05) is 0 Å². The van der Waals surface area contributed by atoms with E-state index in [2.05, 4.69) is 13.8 Å². The van der Waals surface area contributed by atoms with Gasteiger partial charge in [0.05, 0.1) is 22.7 Å². The lowest BCUT2D eigenvalue weighted by Crippen LogP contribution is -2.28. The van der Waals surface area contributed by atoms with Crippen LogP contribution in [0.2, 0.25) is 0 Å². The molecule has 0 saturated heterocycles. The highest BCUT2D eigenvalue weighted by atomic mass is 16.6. The predicted octanol–water partition coefficient (Wildman–Crippen LogP) is 4.15. The van der Waals surface area contributed by atoms with Gasteiger partial charge in [-0.15, -0.1) is 0 Å². The highest BCUT2D eigenvalue weighted by Crippen LogP contribution is 2.37. The maximum absolute atomic E-state index is 11.4. The summed E-state index contributed by atoms with van der Waals surface area (Å²) in [5.41, 5.74) is 0.290. The Morgan fingerprint density at radius 2 is 1.95 bits per heavy atom. The van der Waals surface area contributed by atoms with E-state index >= 15 is 0 Å². The van der Waals surface area contributed by atoms with Crippen LogP contribution in [0.4, 0.5) is 5.69 Å². The van der Waals surface area contributed by atoms with Gasteiger partial charge in [-0.2, -0.15) is 0 Å². The standard InChI is InChI=1S/C16H21NO4/c1-11(18)14-5-4-13(10-15(14)17(19)20)21-12-6-8-16(2,3)9-7-12/h4-5,10,12H,6-9H2,1-3H3. The van der Waals surface area contributed by atoms with Gasteiger partial charge < -0.3 is 4.74 Å². The molecule has 0 spiro atoms. The summed E-state index contributed by atoms with van der Waals surface area (Å²) in [5.74, 6) is 0.157. The molecule has 1 fully saturated rings. The van der Waals surface area contributed by atoms with Crippen LogP contribution in [0.1, 0.15) is 56.8 Å². The second kappa shape index (κ2) is 5.84. The molecule has 1 aromatic carbocycles. The molecule has 5 heteroatoms. The van der Waals surface area contributed by atoms with Gasteiger partial charge in [-0.1, -0.05) is 13.8 Å². The first-order chi connectivity index (χ1) is 9.78. The number of ether oxygens (including phenoxy) is 1. The molecule has 1 aliphatic carbocycles. The van der Waals surface area contributed by atoms with Crippen LogP contribution in [0.3, 0.4) is 0 Å². The molecule has 114 valence electrons. The molecule has 5 nitrogen and oxygen atoms in total. The molecule has 0 bridgehead atoms. The molecule has 0 unspecified atom stereocenters. The summed E-state index contributed by atoms with van der Waals surface area (Å²) in [4.78, 5) is 21.9. The van der Waals surface area contributed by atoms with Crippen molar-refractivity contribution in [1.82, 2.24) is 0 Å². The van der Waals surface area contributed by atoms with Crippen LogP contribution in [-0.2, 0) is 0 Å². The average Bonchev–Trinajstić information content (AvgIpc) is 2.41. The van der Waals surface area contributed by atoms with Gasteiger partial charge in [-0.3, -0.25) is 14.9 Å². The first-order valence-corrected chi connectivity index (χ1v) is 7.24. The largest absolute Gasteiger partial charge is 0.490 e. The molecule has 0 atom stereocenters. The molecule has 1 aliphatic rings. The van der Waals surface area contributed by atoms with E-state index in [1.54, 1.807) is 6.07 Å². The zero-order chi connectivity index (χ0) is 15.6. The summed E-state index contributed by atoms with van der Waals surface area (Å²) in [6.07, 6.45) is 4.18. The minimum atomic E-state index is -0.534. The van der Waals surface area contributed by atoms with Gasteiger partial charge >= 0.3 is 0 Å². The Kier molecular flexibility index (Phi) is 4.30. The van der Waals surface area contributed by atoms with Crippen LogP contribution in [0.25, 0.3) is 0 Å². The number of Topliss-reactive ketones (excluding diaryl/α,β-unsaturated/α-hetero) is 1. The normalized spacial score (nSPS) is 18.2. The van der Waals surface area contributed by atoms with Crippen molar-refractivity contribution in [2.75, 3.05) is 0 Å². The number of hydrogen-bond donors (Lipinski definition) is 0. The number of nitro groups is 1. The highest BCUT2D eigenvalue weighted by Gasteiger charge is 2.28. The van der Waals surface area contributed by atoms with E-state index in [1.165, 1.54) is 19.1 Å². The third-order valence-corrected chi connectivity index (χ3v) is 4.13. The van der Waals surface area contributed by atoms with E-state index in [0.717, 1.165) is 25.7 Å². The zero-order valence-electron chi connectivity index (χ0n) is 12.7. The average molecular weight is 291 g/mol.